The van der Waals surface area contributed by atoms with Crippen LogP contribution in [0.4, 0.5) is 5.69 Å². The maximum absolute atomic E-state index is 10.5. The van der Waals surface area contributed by atoms with Crippen molar-refractivity contribution in [2.75, 3.05) is 0 Å². The van der Waals surface area contributed by atoms with Gasteiger partial charge in [-0.25, -0.2) is 4.98 Å². The van der Waals surface area contributed by atoms with Gasteiger partial charge in [0.1, 0.15) is 12.3 Å². The Bertz CT molecular complexity index is 408. The van der Waals surface area contributed by atoms with Gasteiger partial charge in [-0.2, -0.15) is 0 Å². The predicted molar refractivity (Wildman–Crippen MR) is 66.4 cm³/mol. The monoisotopic (exact) mass is 251 g/mol. The molecular formula is C12H17N3O3. The first-order valence-electron chi connectivity index (χ1n) is 6.19. The van der Waals surface area contributed by atoms with Gasteiger partial charge in [0, 0.05) is 18.2 Å². The number of rotatable bonds is 3. The summed E-state index contributed by atoms with van der Waals surface area (Å²) in [6, 6.07) is 2.94. The van der Waals surface area contributed by atoms with Crippen molar-refractivity contribution in [2.24, 2.45) is 5.73 Å². The first-order valence-corrected chi connectivity index (χ1v) is 6.19. The van der Waals surface area contributed by atoms with Crippen molar-refractivity contribution < 1.29 is 9.66 Å². The van der Waals surface area contributed by atoms with Gasteiger partial charge >= 0.3 is 0 Å². The van der Waals surface area contributed by atoms with E-state index in [9.17, 15) is 10.1 Å². The third kappa shape index (κ3) is 3.16. The van der Waals surface area contributed by atoms with Crippen LogP contribution in [0.1, 0.15) is 32.1 Å². The number of nitrogens with zero attached hydrogens (tertiary/aromatic N) is 2. The van der Waals surface area contributed by atoms with Crippen LogP contribution in [0, 0.1) is 10.1 Å². The van der Waals surface area contributed by atoms with Crippen molar-refractivity contribution in [3.05, 3.63) is 28.4 Å². The molecule has 6 nitrogen and oxygen atoms in total. The highest BCUT2D eigenvalue weighted by atomic mass is 16.6. The Morgan fingerprint density at radius 3 is 2.78 bits per heavy atom. The lowest BCUT2D eigenvalue weighted by molar-refractivity contribution is -0.385. The Morgan fingerprint density at radius 2 is 2.11 bits per heavy atom. The Kier molecular flexibility index (Phi) is 4.09. The van der Waals surface area contributed by atoms with Crippen LogP contribution in [0.2, 0.25) is 0 Å². The molecule has 2 N–H and O–H groups in total. The van der Waals surface area contributed by atoms with Gasteiger partial charge in [-0.3, -0.25) is 10.1 Å². The predicted octanol–water partition coefficient (Wildman–Crippen LogP) is 2.03. The minimum Gasteiger partial charge on any atom is -0.473 e. The van der Waals surface area contributed by atoms with E-state index in [0.717, 1.165) is 25.7 Å². The van der Waals surface area contributed by atoms with Gasteiger partial charge in [0.2, 0.25) is 5.88 Å². The highest BCUT2D eigenvalue weighted by molar-refractivity contribution is 5.29. The quantitative estimate of drug-likeness (QED) is 0.504. The molecule has 0 saturated heterocycles. The molecule has 1 aromatic heterocycles. The van der Waals surface area contributed by atoms with Gasteiger partial charge in [0.25, 0.3) is 5.69 Å². The summed E-state index contributed by atoms with van der Waals surface area (Å²) in [5, 5.41) is 10.5. The molecule has 0 bridgehead atoms. The van der Waals surface area contributed by atoms with Gasteiger partial charge in [0.15, 0.2) is 0 Å². The van der Waals surface area contributed by atoms with Crippen molar-refractivity contribution in [3.8, 4) is 5.88 Å². The Hall–Kier alpha value is -1.69. The molecule has 1 heterocycles. The lowest BCUT2D eigenvalue weighted by Crippen LogP contribution is -2.38. The lowest BCUT2D eigenvalue weighted by Gasteiger charge is -2.21. The van der Waals surface area contributed by atoms with E-state index >= 15 is 0 Å². The average molecular weight is 251 g/mol. The van der Waals surface area contributed by atoms with Crippen LogP contribution in [0.15, 0.2) is 18.3 Å². The fourth-order valence-corrected chi connectivity index (χ4v) is 2.15. The second-order valence-corrected chi connectivity index (χ2v) is 4.57. The maximum Gasteiger partial charge on any atom is 0.287 e. The van der Waals surface area contributed by atoms with Crippen LogP contribution in [0.5, 0.6) is 5.88 Å². The largest absolute Gasteiger partial charge is 0.473 e. The molecule has 98 valence electrons. The van der Waals surface area contributed by atoms with Crippen LogP contribution in [-0.2, 0) is 0 Å². The van der Waals surface area contributed by atoms with E-state index in [1.54, 1.807) is 0 Å². The molecule has 0 spiro atoms. The smallest absolute Gasteiger partial charge is 0.287 e. The van der Waals surface area contributed by atoms with Crippen molar-refractivity contribution in [1.82, 2.24) is 4.98 Å². The van der Waals surface area contributed by atoms with Crippen LogP contribution in [0.25, 0.3) is 0 Å². The normalized spacial score (nSPS) is 24.3. The van der Waals surface area contributed by atoms with Crippen molar-refractivity contribution in [3.63, 3.8) is 0 Å². The van der Waals surface area contributed by atoms with Crippen LogP contribution in [0.3, 0.4) is 0 Å². The topological polar surface area (TPSA) is 91.3 Å². The summed E-state index contributed by atoms with van der Waals surface area (Å²) >= 11 is 0. The van der Waals surface area contributed by atoms with Gasteiger partial charge in [-0.15, -0.1) is 0 Å². The molecule has 18 heavy (non-hydrogen) atoms. The molecule has 0 aromatic carbocycles. The Labute approximate surface area is 105 Å². The van der Waals surface area contributed by atoms with Crippen LogP contribution in [-0.4, -0.2) is 22.1 Å². The van der Waals surface area contributed by atoms with E-state index in [2.05, 4.69) is 4.98 Å². The summed E-state index contributed by atoms with van der Waals surface area (Å²) in [6.45, 7) is 0. The second-order valence-electron chi connectivity index (χ2n) is 4.57. The molecular weight excluding hydrogens is 234 g/mol. The van der Waals surface area contributed by atoms with Crippen molar-refractivity contribution in [2.45, 2.75) is 44.2 Å². The number of pyridine rings is 1. The fraction of sp³-hybridized carbons (Fsp3) is 0.583. The first-order chi connectivity index (χ1) is 8.66. The first kappa shape index (κ1) is 12.8. The van der Waals surface area contributed by atoms with Gasteiger partial charge < -0.3 is 10.5 Å². The summed E-state index contributed by atoms with van der Waals surface area (Å²) in [6.07, 6.45) is 6.46. The molecule has 0 amide bonds. The molecule has 1 aromatic rings. The van der Waals surface area contributed by atoms with Gasteiger partial charge in [-0.1, -0.05) is 12.8 Å². The number of nitrogens with two attached hydrogens (primary N) is 1. The highest BCUT2D eigenvalue weighted by Crippen LogP contribution is 2.22. The summed E-state index contributed by atoms with van der Waals surface area (Å²) in [4.78, 5) is 14.0. The molecule has 0 aliphatic heterocycles. The molecule has 1 saturated carbocycles. The fourth-order valence-electron chi connectivity index (χ4n) is 2.15. The summed E-state index contributed by atoms with van der Waals surface area (Å²) in [5.41, 5.74) is 6.01. The zero-order valence-electron chi connectivity index (χ0n) is 10.1. The second kappa shape index (κ2) is 5.77. The molecule has 2 unspecified atom stereocenters. The lowest BCUT2D eigenvalue weighted by atomic mass is 10.1. The number of aromatic nitrogens is 1. The standard InChI is InChI=1S/C12H17N3O3/c13-10-4-2-1-3-5-11(10)18-12-7-6-9(8-14-12)15(16)17/h6-8,10-11H,1-5,13H2. The number of ether oxygens (including phenoxy) is 1. The minimum absolute atomic E-state index is 0.0180. The Morgan fingerprint density at radius 1 is 1.33 bits per heavy atom. The zero-order chi connectivity index (χ0) is 13.0. The number of hydrogen-bond acceptors (Lipinski definition) is 5. The maximum atomic E-state index is 10.5. The zero-order valence-corrected chi connectivity index (χ0v) is 10.1. The van der Waals surface area contributed by atoms with E-state index in [4.69, 9.17) is 10.5 Å². The van der Waals surface area contributed by atoms with Crippen molar-refractivity contribution in [1.29, 1.82) is 0 Å². The SMILES string of the molecule is NC1CCCCCC1Oc1ccc([N+](=O)[O-])cn1. The minimum atomic E-state index is -0.478. The summed E-state index contributed by atoms with van der Waals surface area (Å²) in [5.74, 6) is 0.406. The van der Waals surface area contributed by atoms with Gasteiger partial charge in [-0.05, 0) is 19.3 Å². The molecule has 0 radical (unpaired) electrons. The highest BCUT2D eigenvalue weighted by Gasteiger charge is 2.22. The van der Waals surface area contributed by atoms with E-state index in [1.165, 1.54) is 24.8 Å². The van der Waals surface area contributed by atoms with E-state index < -0.39 is 4.92 Å². The van der Waals surface area contributed by atoms with Crippen LogP contribution < -0.4 is 10.5 Å². The molecule has 1 aliphatic carbocycles. The molecule has 2 rings (SSSR count). The number of hydrogen-bond donors (Lipinski definition) is 1. The third-order valence-corrected chi connectivity index (χ3v) is 3.21. The van der Waals surface area contributed by atoms with Gasteiger partial charge in [0.05, 0.1) is 4.92 Å². The van der Waals surface area contributed by atoms with E-state index in [1.807, 2.05) is 0 Å². The third-order valence-electron chi connectivity index (χ3n) is 3.21. The molecule has 2 atom stereocenters. The molecule has 1 aliphatic rings. The summed E-state index contributed by atoms with van der Waals surface area (Å²) < 4.78 is 5.72. The van der Waals surface area contributed by atoms with Crippen LogP contribution >= 0.6 is 0 Å². The van der Waals surface area contributed by atoms with Crippen molar-refractivity contribution >= 4 is 5.69 Å². The average Bonchev–Trinajstić information content (AvgIpc) is 2.56. The Balaban J connectivity index is 2.01. The molecule has 6 heteroatoms. The summed E-state index contributed by atoms with van der Waals surface area (Å²) in [7, 11) is 0. The molecule has 1 fully saturated rings. The van der Waals surface area contributed by atoms with E-state index in [0.29, 0.717) is 5.88 Å². The van der Waals surface area contributed by atoms with E-state index in [-0.39, 0.29) is 17.8 Å². The number of nitro groups is 1.